The molecule has 2 aromatic carbocycles. The van der Waals surface area contributed by atoms with E-state index in [0.717, 1.165) is 48.5 Å². The first-order valence-electron chi connectivity index (χ1n) is 9.91. The van der Waals surface area contributed by atoms with Gasteiger partial charge in [-0.1, -0.05) is 24.3 Å². The lowest BCUT2D eigenvalue weighted by Crippen LogP contribution is -2.39. The largest absolute Gasteiger partial charge is 0.492 e. The maximum absolute atomic E-state index is 12.5. The van der Waals surface area contributed by atoms with E-state index in [1.54, 1.807) is 0 Å². The van der Waals surface area contributed by atoms with Crippen molar-refractivity contribution in [1.82, 2.24) is 14.9 Å². The molecule has 1 saturated heterocycles. The molecule has 3 aromatic rings. The number of anilines is 1. The molecule has 6 heteroatoms. The summed E-state index contributed by atoms with van der Waals surface area (Å²) in [6.07, 6.45) is 2.01. The Morgan fingerprint density at radius 1 is 1.18 bits per heavy atom. The number of H-pyrrole nitrogens is 1. The van der Waals surface area contributed by atoms with Gasteiger partial charge in [0.15, 0.2) is 0 Å². The van der Waals surface area contributed by atoms with Gasteiger partial charge in [0.05, 0.1) is 29.9 Å². The Balaban J connectivity index is 1.31. The van der Waals surface area contributed by atoms with Gasteiger partial charge in [0.1, 0.15) is 11.6 Å². The molecule has 1 aromatic heterocycles. The normalized spacial score (nSPS) is 15.6. The molecular weight excluding hydrogens is 352 g/mol. The zero-order valence-corrected chi connectivity index (χ0v) is 16.1. The Morgan fingerprint density at radius 3 is 2.71 bits per heavy atom. The number of carbonyl (C=O) groups excluding carboxylic acids is 1. The molecule has 1 aliphatic rings. The van der Waals surface area contributed by atoms with E-state index in [-0.39, 0.29) is 5.91 Å². The predicted octanol–water partition coefficient (Wildman–Crippen LogP) is 3.78. The number of hydrogen-bond donors (Lipinski definition) is 2. The van der Waals surface area contributed by atoms with Gasteiger partial charge in [-0.05, 0) is 57.1 Å². The van der Waals surface area contributed by atoms with Gasteiger partial charge in [-0.3, -0.25) is 9.69 Å². The van der Waals surface area contributed by atoms with Crippen molar-refractivity contribution in [3.05, 3.63) is 54.4 Å². The Hall–Kier alpha value is -2.86. The van der Waals surface area contributed by atoms with Gasteiger partial charge in [-0.15, -0.1) is 0 Å². The number of benzene rings is 2. The van der Waals surface area contributed by atoms with Crippen LogP contribution in [0.5, 0.6) is 5.75 Å². The summed E-state index contributed by atoms with van der Waals surface area (Å²) < 4.78 is 5.58. The average molecular weight is 378 g/mol. The van der Waals surface area contributed by atoms with Crippen LogP contribution in [0.2, 0.25) is 0 Å². The van der Waals surface area contributed by atoms with Crippen LogP contribution >= 0.6 is 0 Å². The summed E-state index contributed by atoms with van der Waals surface area (Å²) in [5, 5.41) is 2.98. The fourth-order valence-corrected chi connectivity index (χ4v) is 3.77. The van der Waals surface area contributed by atoms with Crippen LogP contribution in [0.15, 0.2) is 48.5 Å². The molecule has 1 fully saturated rings. The van der Waals surface area contributed by atoms with Gasteiger partial charge in [0.2, 0.25) is 5.91 Å². The Morgan fingerprint density at radius 2 is 1.93 bits per heavy atom. The van der Waals surface area contributed by atoms with E-state index in [4.69, 9.17) is 9.72 Å². The number of carbonyl (C=O) groups is 1. The molecule has 0 bridgehead atoms. The van der Waals surface area contributed by atoms with Crippen molar-refractivity contribution in [2.45, 2.75) is 25.7 Å². The molecule has 0 aliphatic carbocycles. The van der Waals surface area contributed by atoms with Crippen LogP contribution in [-0.2, 0) is 4.79 Å². The first kappa shape index (κ1) is 18.5. The number of aromatic amines is 1. The van der Waals surface area contributed by atoms with Crippen LogP contribution in [0.25, 0.3) is 11.0 Å². The summed E-state index contributed by atoms with van der Waals surface area (Å²) in [6, 6.07) is 15.7. The van der Waals surface area contributed by atoms with Crippen molar-refractivity contribution in [3.63, 3.8) is 0 Å². The molecule has 28 heavy (non-hydrogen) atoms. The number of amides is 1. The van der Waals surface area contributed by atoms with Crippen LogP contribution in [0.4, 0.5) is 5.69 Å². The minimum atomic E-state index is -0.00524. The second-order valence-electron chi connectivity index (χ2n) is 7.17. The second-order valence-corrected chi connectivity index (χ2v) is 7.17. The molecule has 2 heterocycles. The summed E-state index contributed by atoms with van der Waals surface area (Å²) >= 11 is 0. The van der Waals surface area contributed by atoms with Gasteiger partial charge in [0, 0.05) is 5.92 Å². The number of nitrogens with zero attached hydrogens (tertiary/aromatic N) is 2. The van der Waals surface area contributed by atoms with E-state index < -0.39 is 0 Å². The number of para-hydroxylation sites is 4. The molecular formula is C22H26N4O2. The SMILES string of the molecule is CCOc1ccccc1NC(=O)CN1CCC(c2nc3ccccc3[nH]2)CC1. The van der Waals surface area contributed by atoms with Crippen molar-refractivity contribution in [1.29, 1.82) is 0 Å². The number of nitrogens with one attached hydrogen (secondary N) is 2. The average Bonchev–Trinajstić information content (AvgIpc) is 3.14. The summed E-state index contributed by atoms with van der Waals surface area (Å²) in [7, 11) is 0. The molecule has 0 radical (unpaired) electrons. The smallest absolute Gasteiger partial charge is 0.238 e. The maximum atomic E-state index is 12.5. The molecule has 1 amide bonds. The molecule has 1 aliphatic heterocycles. The van der Waals surface area contributed by atoms with Crippen molar-refractivity contribution in [2.75, 3.05) is 31.6 Å². The van der Waals surface area contributed by atoms with Crippen LogP contribution < -0.4 is 10.1 Å². The number of hydrogen-bond acceptors (Lipinski definition) is 4. The predicted molar refractivity (Wildman–Crippen MR) is 111 cm³/mol. The molecule has 0 atom stereocenters. The number of rotatable bonds is 6. The summed E-state index contributed by atoms with van der Waals surface area (Å²) in [5.41, 5.74) is 2.84. The van der Waals surface area contributed by atoms with E-state index in [2.05, 4.69) is 21.3 Å². The Bertz CT molecular complexity index is 911. The molecule has 0 spiro atoms. The molecule has 2 N–H and O–H groups in total. The van der Waals surface area contributed by atoms with Crippen LogP contribution in [0, 0.1) is 0 Å². The number of fused-ring (bicyclic) bond motifs is 1. The van der Waals surface area contributed by atoms with Crippen LogP contribution in [-0.4, -0.2) is 47.0 Å². The number of likely N-dealkylation sites (tertiary alicyclic amines) is 1. The van der Waals surface area contributed by atoms with E-state index in [9.17, 15) is 4.79 Å². The van der Waals surface area contributed by atoms with Gasteiger partial charge in [0.25, 0.3) is 0 Å². The summed E-state index contributed by atoms with van der Waals surface area (Å²) in [4.78, 5) is 22.9. The number of piperidine rings is 1. The van der Waals surface area contributed by atoms with E-state index in [1.165, 1.54) is 0 Å². The highest BCUT2D eigenvalue weighted by Crippen LogP contribution is 2.28. The van der Waals surface area contributed by atoms with E-state index >= 15 is 0 Å². The van der Waals surface area contributed by atoms with Crippen molar-refractivity contribution in [3.8, 4) is 5.75 Å². The highest BCUT2D eigenvalue weighted by atomic mass is 16.5. The lowest BCUT2D eigenvalue weighted by Gasteiger charge is -2.30. The highest BCUT2D eigenvalue weighted by molar-refractivity contribution is 5.93. The lowest BCUT2D eigenvalue weighted by molar-refractivity contribution is -0.117. The second kappa shape index (κ2) is 8.44. The number of ether oxygens (including phenoxy) is 1. The van der Waals surface area contributed by atoms with E-state index in [0.29, 0.717) is 24.8 Å². The molecule has 4 rings (SSSR count). The standard InChI is InChI=1S/C22H26N4O2/c1-2-28-20-10-6-5-9-19(20)23-21(27)15-26-13-11-16(12-14-26)22-24-17-7-3-4-8-18(17)25-22/h3-10,16H,2,11-15H2,1H3,(H,23,27)(H,24,25). The zero-order chi connectivity index (χ0) is 19.3. The fraction of sp³-hybridized carbons (Fsp3) is 0.364. The zero-order valence-electron chi connectivity index (χ0n) is 16.1. The topological polar surface area (TPSA) is 70.2 Å². The monoisotopic (exact) mass is 378 g/mol. The van der Waals surface area contributed by atoms with Crippen molar-refractivity contribution < 1.29 is 9.53 Å². The van der Waals surface area contributed by atoms with Gasteiger partial charge >= 0.3 is 0 Å². The Labute approximate surface area is 164 Å². The number of aromatic nitrogens is 2. The molecule has 0 saturated carbocycles. The van der Waals surface area contributed by atoms with Gasteiger partial charge in [-0.2, -0.15) is 0 Å². The van der Waals surface area contributed by atoms with Crippen molar-refractivity contribution in [2.24, 2.45) is 0 Å². The van der Waals surface area contributed by atoms with Crippen LogP contribution in [0.1, 0.15) is 31.5 Å². The van der Waals surface area contributed by atoms with E-state index in [1.807, 2.05) is 49.4 Å². The van der Waals surface area contributed by atoms with Gasteiger partial charge < -0.3 is 15.0 Å². The molecule has 6 nitrogen and oxygen atoms in total. The molecule has 0 unspecified atom stereocenters. The minimum absolute atomic E-state index is 0.00524. The lowest BCUT2D eigenvalue weighted by atomic mass is 9.96. The first-order valence-corrected chi connectivity index (χ1v) is 9.91. The minimum Gasteiger partial charge on any atom is -0.492 e. The third-order valence-electron chi connectivity index (χ3n) is 5.21. The molecule has 146 valence electrons. The fourth-order valence-electron chi connectivity index (χ4n) is 3.77. The summed E-state index contributed by atoms with van der Waals surface area (Å²) in [6.45, 7) is 4.69. The first-order chi connectivity index (χ1) is 13.7. The Kier molecular flexibility index (Phi) is 5.58. The van der Waals surface area contributed by atoms with Crippen LogP contribution in [0.3, 0.4) is 0 Å². The highest BCUT2D eigenvalue weighted by Gasteiger charge is 2.24. The summed E-state index contributed by atoms with van der Waals surface area (Å²) in [5.74, 6) is 2.19. The third-order valence-corrected chi connectivity index (χ3v) is 5.21. The maximum Gasteiger partial charge on any atom is 0.238 e. The van der Waals surface area contributed by atoms with Crippen molar-refractivity contribution >= 4 is 22.6 Å². The van der Waals surface area contributed by atoms with Gasteiger partial charge in [-0.25, -0.2) is 4.98 Å². The third kappa shape index (κ3) is 4.17. The number of imidazole rings is 1. The quantitative estimate of drug-likeness (QED) is 0.685.